The zero-order chi connectivity index (χ0) is 13.8. The Bertz CT molecular complexity index is 432. The SMILES string of the molecule is COC(=O)C(C)(C)Cc1ccc(CC(=O)O)cc1. The molecule has 0 heterocycles. The van der Waals surface area contributed by atoms with Crippen LogP contribution in [-0.4, -0.2) is 24.2 Å². The largest absolute Gasteiger partial charge is 0.481 e. The molecule has 0 amide bonds. The predicted molar refractivity (Wildman–Crippen MR) is 67.3 cm³/mol. The first-order chi connectivity index (χ1) is 8.35. The van der Waals surface area contributed by atoms with E-state index >= 15 is 0 Å². The molecule has 0 aliphatic heterocycles. The minimum Gasteiger partial charge on any atom is -0.481 e. The number of esters is 1. The van der Waals surface area contributed by atoms with Gasteiger partial charge in [0.2, 0.25) is 0 Å². The van der Waals surface area contributed by atoms with Crippen molar-refractivity contribution in [3.63, 3.8) is 0 Å². The summed E-state index contributed by atoms with van der Waals surface area (Å²) < 4.78 is 4.75. The van der Waals surface area contributed by atoms with Gasteiger partial charge in [0.15, 0.2) is 0 Å². The van der Waals surface area contributed by atoms with Crippen LogP contribution >= 0.6 is 0 Å². The zero-order valence-electron chi connectivity index (χ0n) is 10.9. The molecule has 0 aromatic heterocycles. The molecule has 0 spiro atoms. The Morgan fingerprint density at radius 1 is 1.17 bits per heavy atom. The average Bonchev–Trinajstić information content (AvgIpc) is 2.29. The summed E-state index contributed by atoms with van der Waals surface area (Å²) in [6, 6.07) is 7.25. The van der Waals surface area contributed by atoms with Gasteiger partial charge < -0.3 is 9.84 Å². The molecule has 0 saturated carbocycles. The first kappa shape index (κ1) is 14.2. The number of hydrogen-bond acceptors (Lipinski definition) is 3. The highest BCUT2D eigenvalue weighted by molar-refractivity contribution is 5.76. The molecule has 0 fully saturated rings. The number of benzene rings is 1. The number of carbonyl (C=O) groups excluding carboxylic acids is 1. The van der Waals surface area contributed by atoms with E-state index in [-0.39, 0.29) is 12.4 Å². The van der Waals surface area contributed by atoms with E-state index in [1.54, 1.807) is 12.1 Å². The van der Waals surface area contributed by atoms with Gasteiger partial charge in [-0.05, 0) is 31.4 Å². The number of methoxy groups -OCH3 is 1. The lowest BCUT2D eigenvalue weighted by Crippen LogP contribution is -2.27. The lowest BCUT2D eigenvalue weighted by Gasteiger charge is -2.21. The van der Waals surface area contributed by atoms with Gasteiger partial charge >= 0.3 is 11.9 Å². The normalized spacial score (nSPS) is 11.1. The van der Waals surface area contributed by atoms with E-state index in [9.17, 15) is 9.59 Å². The van der Waals surface area contributed by atoms with E-state index in [2.05, 4.69) is 0 Å². The number of rotatable bonds is 5. The Labute approximate surface area is 107 Å². The maximum atomic E-state index is 11.6. The lowest BCUT2D eigenvalue weighted by atomic mass is 9.85. The summed E-state index contributed by atoms with van der Waals surface area (Å²) in [5.41, 5.74) is 1.16. The molecule has 4 nitrogen and oxygen atoms in total. The number of aliphatic carboxylic acids is 1. The van der Waals surface area contributed by atoms with Gasteiger partial charge in [-0.15, -0.1) is 0 Å². The van der Waals surface area contributed by atoms with Crippen LogP contribution in [0.25, 0.3) is 0 Å². The van der Waals surface area contributed by atoms with Crippen LogP contribution in [0.4, 0.5) is 0 Å². The second-order valence-corrected chi connectivity index (χ2v) is 4.94. The molecule has 1 aromatic rings. The molecule has 0 aliphatic rings. The fourth-order valence-electron chi connectivity index (χ4n) is 1.81. The molecule has 0 bridgehead atoms. The van der Waals surface area contributed by atoms with Crippen molar-refractivity contribution in [1.29, 1.82) is 0 Å². The van der Waals surface area contributed by atoms with Crippen molar-refractivity contribution in [2.75, 3.05) is 7.11 Å². The number of carboxylic acid groups (broad SMARTS) is 1. The highest BCUT2D eigenvalue weighted by atomic mass is 16.5. The number of carbonyl (C=O) groups is 2. The molecule has 0 atom stereocenters. The molecular weight excluding hydrogens is 232 g/mol. The Hall–Kier alpha value is -1.84. The van der Waals surface area contributed by atoms with Crippen molar-refractivity contribution >= 4 is 11.9 Å². The second-order valence-electron chi connectivity index (χ2n) is 4.94. The predicted octanol–water partition coefficient (Wildman–Crippen LogP) is 2.06. The second kappa shape index (κ2) is 5.67. The van der Waals surface area contributed by atoms with E-state index in [1.165, 1.54) is 7.11 Å². The van der Waals surface area contributed by atoms with E-state index in [1.807, 2.05) is 26.0 Å². The van der Waals surface area contributed by atoms with Gasteiger partial charge in [-0.2, -0.15) is 0 Å². The summed E-state index contributed by atoms with van der Waals surface area (Å²) in [5.74, 6) is -1.10. The van der Waals surface area contributed by atoms with E-state index < -0.39 is 11.4 Å². The van der Waals surface area contributed by atoms with Crippen molar-refractivity contribution in [2.24, 2.45) is 5.41 Å². The monoisotopic (exact) mass is 250 g/mol. The van der Waals surface area contributed by atoms with Crippen molar-refractivity contribution in [1.82, 2.24) is 0 Å². The van der Waals surface area contributed by atoms with Crippen LogP contribution in [0.15, 0.2) is 24.3 Å². The lowest BCUT2D eigenvalue weighted by molar-refractivity contribution is -0.150. The third kappa shape index (κ3) is 3.87. The molecule has 1 rings (SSSR count). The molecule has 18 heavy (non-hydrogen) atoms. The first-order valence-electron chi connectivity index (χ1n) is 5.73. The van der Waals surface area contributed by atoms with Gasteiger partial charge in [0, 0.05) is 0 Å². The van der Waals surface area contributed by atoms with E-state index in [0.29, 0.717) is 6.42 Å². The van der Waals surface area contributed by atoms with E-state index in [0.717, 1.165) is 11.1 Å². The summed E-state index contributed by atoms with van der Waals surface area (Å²) in [6.45, 7) is 3.65. The Balaban J connectivity index is 2.74. The van der Waals surface area contributed by atoms with Crippen LogP contribution in [0.3, 0.4) is 0 Å². The summed E-state index contributed by atoms with van der Waals surface area (Å²) in [4.78, 5) is 22.1. The Morgan fingerprint density at radius 2 is 1.67 bits per heavy atom. The molecule has 98 valence electrons. The Kier molecular flexibility index (Phi) is 4.48. The van der Waals surface area contributed by atoms with Crippen molar-refractivity contribution in [2.45, 2.75) is 26.7 Å². The number of carboxylic acids is 1. The summed E-state index contributed by atoms with van der Waals surface area (Å²) in [5, 5.41) is 8.67. The third-order valence-electron chi connectivity index (χ3n) is 2.76. The molecule has 4 heteroatoms. The van der Waals surface area contributed by atoms with Crippen LogP contribution in [-0.2, 0) is 27.2 Å². The van der Waals surface area contributed by atoms with Gasteiger partial charge in [-0.3, -0.25) is 9.59 Å². The molecule has 0 radical (unpaired) electrons. The summed E-state index contributed by atoms with van der Waals surface area (Å²) >= 11 is 0. The average molecular weight is 250 g/mol. The fourth-order valence-corrected chi connectivity index (χ4v) is 1.81. The van der Waals surface area contributed by atoms with Crippen LogP contribution in [0.2, 0.25) is 0 Å². The Morgan fingerprint density at radius 3 is 2.11 bits per heavy atom. The highest BCUT2D eigenvalue weighted by Gasteiger charge is 2.28. The maximum Gasteiger partial charge on any atom is 0.311 e. The molecule has 0 unspecified atom stereocenters. The minimum atomic E-state index is -0.849. The van der Waals surface area contributed by atoms with Gasteiger partial charge in [-0.1, -0.05) is 24.3 Å². The molecule has 0 saturated heterocycles. The molecule has 0 aliphatic carbocycles. The van der Waals surface area contributed by atoms with Gasteiger partial charge in [0.1, 0.15) is 0 Å². The smallest absolute Gasteiger partial charge is 0.311 e. The minimum absolute atomic E-state index is 0.0146. The van der Waals surface area contributed by atoms with Crippen LogP contribution in [0, 0.1) is 5.41 Å². The van der Waals surface area contributed by atoms with Gasteiger partial charge in [-0.25, -0.2) is 0 Å². The van der Waals surface area contributed by atoms with Gasteiger partial charge in [0.05, 0.1) is 18.9 Å². The molecular formula is C14H18O4. The van der Waals surface area contributed by atoms with Gasteiger partial charge in [0.25, 0.3) is 0 Å². The standard InChI is InChI=1S/C14H18O4/c1-14(2,13(17)18-3)9-11-6-4-10(5-7-11)8-12(15)16/h4-7H,8-9H2,1-3H3,(H,15,16). The van der Waals surface area contributed by atoms with Crippen molar-refractivity contribution in [3.05, 3.63) is 35.4 Å². The number of ether oxygens (including phenoxy) is 1. The first-order valence-corrected chi connectivity index (χ1v) is 5.73. The number of hydrogen-bond donors (Lipinski definition) is 1. The maximum absolute atomic E-state index is 11.6. The summed E-state index contributed by atoms with van der Waals surface area (Å²) in [7, 11) is 1.38. The third-order valence-corrected chi connectivity index (χ3v) is 2.76. The van der Waals surface area contributed by atoms with Crippen LogP contribution < -0.4 is 0 Å². The van der Waals surface area contributed by atoms with Crippen LogP contribution in [0.5, 0.6) is 0 Å². The van der Waals surface area contributed by atoms with Crippen molar-refractivity contribution < 1.29 is 19.4 Å². The quantitative estimate of drug-likeness (QED) is 0.812. The summed E-state index contributed by atoms with van der Waals surface area (Å²) in [6.07, 6.45) is 0.577. The molecule has 1 aromatic carbocycles. The zero-order valence-corrected chi connectivity index (χ0v) is 10.9. The fraction of sp³-hybridized carbons (Fsp3) is 0.429. The topological polar surface area (TPSA) is 63.6 Å². The van der Waals surface area contributed by atoms with Crippen LogP contribution in [0.1, 0.15) is 25.0 Å². The molecule has 1 N–H and O–H groups in total. The van der Waals surface area contributed by atoms with E-state index in [4.69, 9.17) is 9.84 Å². The highest BCUT2D eigenvalue weighted by Crippen LogP contribution is 2.23. The van der Waals surface area contributed by atoms with Crippen molar-refractivity contribution in [3.8, 4) is 0 Å².